The number of esters is 1. The number of methoxy groups -OCH3 is 1. The molecule has 0 bridgehead atoms. The van der Waals surface area contributed by atoms with Gasteiger partial charge in [-0.1, -0.05) is 17.7 Å². The molecule has 14 heteroatoms. The van der Waals surface area contributed by atoms with Crippen molar-refractivity contribution in [3.63, 3.8) is 0 Å². The van der Waals surface area contributed by atoms with Crippen LogP contribution in [0.25, 0.3) is 0 Å². The van der Waals surface area contributed by atoms with Gasteiger partial charge in [-0.05, 0) is 57.1 Å². The van der Waals surface area contributed by atoms with Gasteiger partial charge in [-0.15, -0.1) is 0 Å². The predicted octanol–water partition coefficient (Wildman–Crippen LogP) is -0.331. The second-order valence-corrected chi connectivity index (χ2v) is 12.1. The highest BCUT2D eigenvalue weighted by atomic mass is 32.2. The van der Waals surface area contributed by atoms with E-state index in [1.165, 1.54) is 17.0 Å². The van der Waals surface area contributed by atoms with E-state index in [9.17, 15) is 27.9 Å². The monoisotopic (exact) mass is 580 g/mol. The maximum Gasteiger partial charge on any atom is 0.307 e. The predicted molar refractivity (Wildman–Crippen MR) is 147 cm³/mol. The molecule has 0 saturated carbocycles. The quantitative estimate of drug-likeness (QED) is 0.132. The second kappa shape index (κ2) is 13.9. The normalized spacial score (nSPS) is 21.0. The van der Waals surface area contributed by atoms with Crippen molar-refractivity contribution in [1.82, 2.24) is 19.8 Å². The molecule has 4 unspecified atom stereocenters. The lowest BCUT2D eigenvalue weighted by atomic mass is 9.91. The number of carbonyl (C=O) groups excluding carboxylic acids is 3. The lowest BCUT2D eigenvalue weighted by molar-refractivity contribution is -0.146. The minimum absolute atomic E-state index is 0.00564. The molecule has 3 rings (SSSR count). The van der Waals surface area contributed by atoms with Crippen molar-refractivity contribution < 1.29 is 32.6 Å². The zero-order chi connectivity index (χ0) is 29.4. The first kappa shape index (κ1) is 31.3. The van der Waals surface area contributed by atoms with Crippen LogP contribution >= 0.6 is 0 Å². The van der Waals surface area contributed by atoms with Crippen molar-refractivity contribution in [2.45, 2.75) is 68.5 Å². The molecule has 2 amide bonds. The lowest BCUT2D eigenvalue weighted by Gasteiger charge is -2.35. The molecule has 2 aliphatic rings. The van der Waals surface area contributed by atoms with E-state index in [1.54, 1.807) is 17.0 Å². The molecule has 0 radical (unpaired) electrons. The molecule has 222 valence electrons. The van der Waals surface area contributed by atoms with Gasteiger partial charge in [-0.3, -0.25) is 19.8 Å². The maximum atomic E-state index is 13.6. The van der Waals surface area contributed by atoms with Gasteiger partial charge in [-0.2, -0.15) is 4.72 Å². The van der Waals surface area contributed by atoms with Crippen LogP contribution in [0.2, 0.25) is 0 Å². The molecule has 2 fully saturated rings. The molecule has 1 aromatic carbocycles. The summed E-state index contributed by atoms with van der Waals surface area (Å²) in [5, 5.41) is 20.5. The van der Waals surface area contributed by atoms with Crippen LogP contribution in [0.4, 0.5) is 0 Å². The van der Waals surface area contributed by atoms with E-state index in [1.807, 2.05) is 6.92 Å². The van der Waals surface area contributed by atoms with Crippen molar-refractivity contribution in [1.29, 1.82) is 5.41 Å². The maximum absolute atomic E-state index is 13.6. The number of carbonyl (C=O) groups is 3. The summed E-state index contributed by atoms with van der Waals surface area (Å²) >= 11 is 0. The van der Waals surface area contributed by atoms with Gasteiger partial charge >= 0.3 is 5.97 Å². The third-order valence-electron chi connectivity index (χ3n) is 7.41. The Morgan fingerprint density at radius 1 is 1.18 bits per heavy atom. The Hall–Kier alpha value is -3.23. The number of aliphatic hydroxyl groups excluding tert-OH is 1. The van der Waals surface area contributed by atoms with Gasteiger partial charge < -0.3 is 30.7 Å². The highest BCUT2D eigenvalue weighted by Gasteiger charge is 2.40. The Morgan fingerprint density at radius 2 is 1.85 bits per heavy atom. The van der Waals surface area contributed by atoms with Crippen molar-refractivity contribution >= 4 is 33.8 Å². The Morgan fingerprint density at radius 3 is 2.48 bits per heavy atom. The van der Waals surface area contributed by atoms with Crippen LogP contribution in [0.5, 0.6) is 0 Å². The van der Waals surface area contributed by atoms with Gasteiger partial charge in [0.1, 0.15) is 12.1 Å². The molecule has 0 spiro atoms. The van der Waals surface area contributed by atoms with Gasteiger partial charge in [0.2, 0.25) is 21.8 Å². The summed E-state index contributed by atoms with van der Waals surface area (Å²) in [6, 6.07) is 3.13. The van der Waals surface area contributed by atoms with E-state index in [-0.39, 0.29) is 29.9 Å². The number of nitrogens with zero attached hydrogens (tertiary/aromatic N) is 2. The van der Waals surface area contributed by atoms with Crippen LogP contribution in [-0.2, 0) is 29.1 Å². The highest BCUT2D eigenvalue weighted by Crippen LogP contribution is 2.23. The molecule has 2 saturated heterocycles. The molecule has 0 aliphatic carbocycles. The number of aryl methyl sites for hydroxylation is 1. The third kappa shape index (κ3) is 8.15. The first-order valence-electron chi connectivity index (χ1n) is 13.4. The SMILES string of the molecule is COC(=O)CC(NS(=O)(=O)c1ccc(C)cc1)C(=O)N1CCCC1C(=O)NC(CO)CC1CCCN(C(=N)N)C1. The molecular formula is C26H40N6O7S. The van der Waals surface area contributed by atoms with E-state index in [4.69, 9.17) is 11.1 Å². The van der Waals surface area contributed by atoms with Crippen molar-refractivity contribution in [2.75, 3.05) is 33.4 Å². The van der Waals surface area contributed by atoms with E-state index < -0.39 is 52.4 Å². The number of nitrogens with one attached hydrogen (secondary N) is 3. The summed E-state index contributed by atoms with van der Waals surface area (Å²) in [6.07, 6.45) is 2.53. The van der Waals surface area contributed by atoms with E-state index in [0.717, 1.165) is 25.5 Å². The summed E-state index contributed by atoms with van der Waals surface area (Å²) in [7, 11) is -3.02. The topological polar surface area (TPSA) is 195 Å². The number of sulfonamides is 1. The number of hydrogen-bond acceptors (Lipinski definition) is 8. The van der Waals surface area contributed by atoms with E-state index in [0.29, 0.717) is 32.4 Å². The number of nitrogens with two attached hydrogens (primary N) is 1. The fraction of sp³-hybridized carbons (Fsp3) is 0.615. The van der Waals surface area contributed by atoms with Crippen molar-refractivity contribution in [2.24, 2.45) is 11.7 Å². The molecule has 6 N–H and O–H groups in total. The summed E-state index contributed by atoms with van der Waals surface area (Å²) < 4.78 is 33.1. The van der Waals surface area contributed by atoms with Crippen LogP contribution in [0.1, 0.15) is 44.1 Å². The second-order valence-electron chi connectivity index (χ2n) is 10.4. The molecule has 40 heavy (non-hydrogen) atoms. The Bertz CT molecular complexity index is 1180. The molecular weight excluding hydrogens is 540 g/mol. The number of aliphatic hydroxyl groups is 1. The van der Waals surface area contributed by atoms with Crippen molar-refractivity contribution in [3.8, 4) is 0 Å². The van der Waals surface area contributed by atoms with Crippen LogP contribution in [0, 0.1) is 18.3 Å². The number of ether oxygens (including phenoxy) is 1. The third-order valence-corrected chi connectivity index (χ3v) is 8.90. The number of guanidine groups is 1. The van der Waals surface area contributed by atoms with Gasteiger partial charge in [-0.25, -0.2) is 8.42 Å². The molecule has 4 atom stereocenters. The molecule has 1 aromatic rings. The molecule has 13 nitrogen and oxygen atoms in total. The van der Waals surface area contributed by atoms with Crippen LogP contribution in [-0.4, -0.2) is 98.5 Å². The number of piperidine rings is 1. The van der Waals surface area contributed by atoms with Gasteiger partial charge in [0.25, 0.3) is 0 Å². The Kier molecular flexibility index (Phi) is 10.9. The van der Waals surface area contributed by atoms with Crippen LogP contribution < -0.4 is 15.8 Å². The standard InChI is InChI=1S/C26H40N6O7S/c1-17-7-9-20(10-8-17)40(37,38)30-21(14-23(34)39-2)25(36)32-12-4-6-22(32)24(35)29-19(16-33)13-18-5-3-11-31(15-18)26(27)28/h7-10,18-19,21-22,30,33H,3-6,11-16H2,1-2H3,(H3,27,28)(H,29,35). The summed E-state index contributed by atoms with van der Waals surface area (Å²) in [5.41, 5.74) is 6.48. The largest absolute Gasteiger partial charge is 0.469 e. The van der Waals surface area contributed by atoms with Gasteiger partial charge in [0, 0.05) is 19.6 Å². The minimum atomic E-state index is -4.16. The fourth-order valence-electron chi connectivity index (χ4n) is 5.26. The van der Waals surface area contributed by atoms with Crippen LogP contribution in [0.15, 0.2) is 29.2 Å². The summed E-state index contributed by atoms with van der Waals surface area (Å²) in [5.74, 6) is -1.82. The lowest BCUT2D eigenvalue weighted by Crippen LogP contribution is -2.55. The Labute approximate surface area is 235 Å². The van der Waals surface area contributed by atoms with Gasteiger partial charge in [0.15, 0.2) is 5.96 Å². The number of benzene rings is 1. The number of likely N-dealkylation sites (tertiary alicyclic amines) is 2. The average molecular weight is 581 g/mol. The summed E-state index contributed by atoms with van der Waals surface area (Å²) in [4.78, 5) is 41.9. The number of amides is 2. The van der Waals surface area contributed by atoms with E-state index in [2.05, 4.69) is 14.8 Å². The van der Waals surface area contributed by atoms with Crippen LogP contribution in [0.3, 0.4) is 0 Å². The number of hydrogen-bond donors (Lipinski definition) is 5. The first-order chi connectivity index (χ1) is 18.9. The average Bonchev–Trinajstić information content (AvgIpc) is 3.42. The first-order valence-corrected chi connectivity index (χ1v) is 14.9. The smallest absolute Gasteiger partial charge is 0.307 e. The molecule has 0 aromatic heterocycles. The Balaban J connectivity index is 1.71. The summed E-state index contributed by atoms with van der Waals surface area (Å²) in [6.45, 7) is 2.97. The molecule has 2 aliphatic heterocycles. The molecule has 2 heterocycles. The zero-order valence-electron chi connectivity index (χ0n) is 23.0. The highest BCUT2D eigenvalue weighted by molar-refractivity contribution is 7.89. The van der Waals surface area contributed by atoms with Gasteiger partial charge in [0.05, 0.1) is 31.1 Å². The minimum Gasteiger partial charge on any atom is -0.469 e. The van der Waals surface area contributed by atoms with E-state index >= 15 is 0 Å². The fourth-order valence-corrected chi connectivity index (χ4v) is 6.45. The van der Waals surface area contributed by atoms with Crippen molar-refractivity contribution in [3.05, 3.63) is 29.8 Å². The zero-order valence-corrected chi connectivity index (χ0v) is 23.8. The number of rotatable bonds is 11.